The maximum absolute atomic E-state index is 12.0. The third kappa shape index (κ3) is 1.97. The lowest BCUT2D eigenvalue weighted by atomic mass is 10.3. The summed E-state index contributed by atoms with van der Waals surface area (Å²) in [6.07, 6.45) is 0. The van der Waals surface area contributed by atoms with Crippen LogP contribution in [-0.4, -0.2) is 13.7 Å². The van der Waals surface area contributed by atoms with Gasteiger partial charge < -0.3 is 0 Å². The maximum Gasteiger partial charge on any atom is 0.190 e. The zero-order valence-electron chi connectivity index (χ0n) is 8.90. The van der Waals surface area contributed by atoms with E-state index in [0.29, 0.717) is 9.23 Å². The highest BCUT2D eigenvalue weighted by Crippen LogP contribution is 2.32. The number of hydrogen-bond acceptors (Lipinski definition) is 3. The van der Waals surface area contributed by atoms with E-state index in [1.807, 2.05) is 6.07 Å². The summed E-state index contributed by atoms with van der Waals surface area (Å²) in [6, 6.07) is 7.11. The van der Waals surface area contributed by atoms with Gasteiger partial charge in [-0.1, -0.05) is 17.7 Å². The Morgan fingerprint density at radius 2 is 1.94 bits per heavy atom. The number of fused-ring (bicyclic) bond motifs is 1. The van der Waals surface area contributed by atoms with E-state index in [1.165, 1.54) is 11.3 Å². The molecule has 0 spiro atoms. The average Bonchev–Trinajstić information content (AvgIpc) is 2.60. The van der Waals surface area contributed by atoms with Crippen LogP contribution in [0.25, 0.3) is 10.1 Å². The molecule has 2 nitrogen and oxygen atoms in total. The van der Waals surface area contributed by atoms with E-state index in [-0.39, 0.29) is 0 Å². The minimum absolute atomic E-state index is 0.393. The van der Waals surface area contributed by atoms with Crippen LogP contribution in [0.15, 0.2) is 28.5 Å². The Kier molecular flexibility index (Phi) is 2.99. The fraction of sp³-hybridized carbons (Fsp3) is 0.273. The van der Waals surface area contributed by atoms with Gasteiger partial charge in [-0.3, -0.25) is 0 Å². The summed E-state index contributed by atoms with van der Waals surface area (Å²) in [5, 5.41) is 1.16. The minimum Gasteiger partial charge on any atom is -0.223 e. The molecule has 0 atom stereocenters. The van der Waals surface area contributed by atoms with Crippen LogP contribution in [0.5, 0.6) is 0 Å². The van der Waals surface area contributed by atoms with Crippen molar-refractivity contribution in [2.24, 2.45) is 0 Å². The van der Waals surface area contributed by atoms with Gasteiger partial charge in [0.05, 0.1) is 5.25 Å². The van der Waals surface area contributed by atoms with E-state index < -0.39 is 15.1 Å². The van der Waals surface area contributed by atoms with Crippen molar-refractivity contribution in [2.75, 3.05) is 0 Å². The van der Waals surface area contributed by atoms with Crippen molar-refractivity contribution in [3.63, 3.8) is 0 Å². The van der Waals surface area contributed by atoms with Crippen LogP contribution in [0, 0.1) is 0 Å². The third-order valence-corrected chi connectivity index (χ3v) is 6.35. The summed E-state index contributed by atoms with van der Waals surface area (Å²) >= 11 is 7.14. The van der Waals surface area contributed by atoms with Gasteiger partial charge in [0.1, 0.15) is 4.21 Å². The standard InChI is InChI=1S/C11H11ClO2S2/c1-7(2)16(13,14)11-5-8-3-4-9(12)6-10(8)15-11/h3-7H,1-2H3. The van der Waals surface area contributed by atoms with Crippen LogP contribution >= 0.6 is 22.9 Å². The van der Waals surface area contributed by atoms with Crippen molar-refractivity contribution < 1.29 is 8.42 Å². The van der Waals surface area contributed by atoms with E-state index in [2.05, 4.69) is 0 Å². The second kappa shape index (κ2) is 4.02. The lowest BCUT2D eigenvalue weighted by Crippen LogP contribution is -2.12. The Morgan fingerprint density at radius 3 is 2.56 bits per heavy atom. The van der Waals surface area contributed by atoms with Crippen molar-refractivity contribution in [3.8, 4) is 0 Å². The summed E-state index contributed by atoms with van der Waals surface area (Å²) in [4.78, 5) is 0. The lowest BCUT2D eigenvalue weighted by molar-refractivity contribution is 0.589. The molecule has 0 N–H and O–H groups in total. The fourth-order valence-electron chi connectivity index (χ4n) is 1.35. The molecular weight excluding hydrogens is 264 g/mol. The molecule has 16 heavy (non-hydrogen) atoms. The Labute approximate surface area is 104 Å². The van der Waals surface area contributed by atoms with Gasteiger partial charge in [-0.2, -0.15) is 0 Å². The van der Waals surface area contributed by atoms with Crippen LogP contribution in [0.2, 0.25) is 5.02 Å². The monoisotopic (exact) mass is 274 g/mol. The van der Waals surface area contributed by atoms with Crippen molar-refractivity contribution in [1.82, 2.24) is 0 Å². The summed E-state index contributed by atoms with van der Waals surface area (Å²) in [5.41, 5.74) is 0. The molecule has 5 heteroatoms. The highest BCUT2D eigenvalue weighted by molar-refractivity contribution is 7.94. The molecule has 0 aliphatic heterocycles. The number of thiophene rings is 1. The molecule has 0 aliphatic rings. The molecule has 2 rings (SSSR count). The van der Waals surface area contributed by atoms with Crippen LogP contribution in [0.4, 0.5) is 0 Å². The molecular formula is C11H11ClO2S2. The molecule has 0 fully saturated rings. The second-order valence-electron chi connectivity index (χ2n) is 3.84. The first-order valence-corrected chi connectivity index (χ1v) is 7.58. The molecule has 1 heterocycles. The molecule has 0 unspecified atom stereocenters. The Bertz CT molecular complexity index is 626. The van der Waals surface area contributed by atoms with E-state index in [9.17, 15) is 8.42 Å². The fourth-order valence-corrected chi connectivity index (χ4v) is 4.49. The Hall–Kier alpha value is -0.580. The molecule has 1 aromatic carbocycles. The van der Waals surface area contributed by atoms with E-state index in [1.54, 1.807) is 32.0 Å². The SMILES string of the molecule is CC(C)S(=O)(=O)c1cc2ccc(Cl)cc2s1. The molecule has 2 aromatic rings. The minimum atomic E-state index is -3.18. The van der Waals surface area contributed by atoms with Gasteiger partial charge >= 0.3 is 0 Å². The molecule has 0 bridgehead atoms. The predicted molar refractivity (Wildman–Crippen MR) is 69.2 cm³/mol. The summed E-state index contributed by atoms with van der Waals surface area (Å²) in [5.74, 6) is 0. The third-order valence-electron chi connectivity index (χ3n) is 2.36. The first-order chi connectivity index (χ1) is 7.41. The number of rotatable bonds is 2. The summed E-state index contributed by atoms with van der Waals surface area (Å²) in [7, 11) is -3.18. The van der Waals surface area contributed by atoms with E-state index in [4.69, 9.17) is 11.6 Å². The highest BCUT2D eigenvalue weighted by atomic mass is 35.5. The molecule has 0 saturated carbocycles. The number of sulfone groups is 1. The van der Waals surface area contributed by atoms with Crippen molar-refractivity contribution in [3.05, 3.63) is 29.3 Å². The van der Waals surface area contributed by atoms with E-state index in [0.717, 1.165) is 10.1 Å². The Balaban J connectivity index is 2.65. The molecule has 1 aromatic heterocycles. The molecule has 0 saturated heterocycles. The predicted octanol–water partition coefficient (Wildman–Crippen LogP) is 3.74. The first-order valence-electron chi connectivity index (χ1n) is 4.84. The molecule has 0 amide bonds. The van der Waals surface area contributed by atoms with Crippen molar-refractivity contribution in [2.45, 2.75) is 23.3 Å². The smallest absolute Gasteiger partial charge is 0.190 e. The summed E-state index contributed by atoms with van der Waals surface area (Å²) in [6.45, 7) is 3.37. The maximum atomic E-state index is 12.0. The number of hydrogen-bond donors (Lipinski definition) is 0. The second-order valence-corrected chi connectivity index (χ2v) is 8.09. The van der Waals surface area contributed by atoms with Gasteiger partial charge in [0.25, 0.3) is 0 Å². The number of benzene rings is 1. The highest BCUT2D eigenvalue weighted by Gasteiger charge is 2.21. The normalized spacial score (nSPS) is 12.5. The topological polar surface area (TPSA) is 34.1 Å². The van der Waals surface area contributed by atoms with Crippen LogP contribution in [-0.2, 0) is 9.84 Å². The number of halogens is 1. The van der Waals surface area contributed by atoms with Gasteiger partial charge in [-0.05, 0) is 37.4 Å². The van der Waals surface area contributed by atoms with Crippen LogP contribution in [0.1, 0.15) is 13.8 Å². The molecule has 86 valence electrons. The quantitative estimate of drug-likeness (QED) is 0.836. The zero-order chi connectivity index (χ0) is 11.9. The average molecular weight is 275 g/mol. The lowest BCUT2D eigenvalue weighted by Gasteiger charge is -2.03. The molecule has 0 radical (unpaired) electrons. The van der Waals surface area contributed by atoms with Gasteiger partial charge in [0, 0.05) is 9.72 Å². The van der Waals surface area contributed by atoms with E-state index >= 15 is 0 Å². The molecule has 0 aliphatic carbocycles. The van der Waals surface area contributed by atoms with Crippen molar-refractivity contribution >= 4 is 42.9 Å². The van der Waals surface area contributed by atoms with Crippen LogP contribution < -0.4 is 0 Å². The Morgan fingerprint density at radius 1 is 1.25 bits per heavy atom. The van der Waals surface area contributed by atoms with Gasteiger partial charge in [-0.25, -0.2) is 8.42 Å². The van der Waals surface area contributed by atoms with Crippen molar-refractivity contribution in [1.29, 1.82) is 0 Å². The van der Waals surface area contributed by atoms with Gasteiger partial charge in [0.2, 0.25) is 0 Å². The van der Waals surface area contributed by atoms with Crippen LogP contribution in [0.3, 0.4) is 0 Å². The van der Waals surface area contributed by atoms with Gasteiger partial charge in [-0.15, -0.1) is 11.3 Å². The largest absolute Gasteiger partial charge is 0.223 e. The summed E-state index contributed by atoms with van der Waals surface area (Å²) < 4.78 is 25.3. The first kappa shape index (κ1) is 11.9. The van der Waals surface area contributed by atoms with Gasteiger partial charge in [0.15, 0.2) is 9.84 Å². The zero-order valence-corrected chi connectivity index (χ0v) is 11.3.